The maximum atomic E-state index is 10.4. The Labute approximate surface area is 68.7 Å². The van der Waals surface area contributed by atoms with E-state index < -0.39 is 13.6 Å². The Morgan fingerprint density at radius 3 is 2.50 bits per heavy atom. The number of carboxylic acids is 1. The normalized spacial score (nSPS) is 9.33. The highest BCUT2D eigenvalue weighted by Crippen LogP contribution is 2.06. The monoisotopic (exact) mass is 184 g/mol. The predicted octanol–water partition coefficient (Wildman–Crippen LogP) is 1.18. The van der Waals surface area contributed by atoms with Gasteiger partial charge in [0.15, 0.2) is 0 Å². The van der Waals surface area contributed by atoms with Gasteiger partial charge in [-0.15, -0.1) is 0 Å². The predicted molar refractivity (Wildman–Crippen MR) is 41.3 cm³/mol. The number of aromatic carboxylic acids is 1. The van der Waals surface area contributed by atoms with E-state index in [2.05, 4.69) is 0 Å². The summed E-state index contributed by atoms with van der Waals surface area (Å²) in [5, 5.41) is 8.51. The molecule has 0 heterocycles. The SMILES string of the molecule is O=C(O)c1cccc(P(=O)=O)c1. The fourth-order valence-electron chi connectivity index (χ4n) is 0.753. The van der Waals surface area contributed by atoms with E-state index in [4.69, 9.17) is 5.11 Å². The van der Waals surface area contributed by atoms with E-state index in [0.29, 0.717) is 0 Å². The Kier molecular flexibility index (Phi) is 2.41. The van der Waals surface area contributed by atoms with Crippen molar-refractivity contribution >= 4 is 19.0 Å². The largest absolute Gasteiger partial charge is 0.478 e. The van der Waals surface area contributed by atoms with Crippen molar-refractivity contribution in [3.63, 3.8) is 0 Å². The van der Waals surface area contributed by atoms with Crippen LogP contribution in [0.3, 0.4) is 0 Å². The first-order chi connectivity index (χ1) is 5.61. The average Bonchev–Trinajstić information content (AvgIpc) is 2.04. The molecule has 0 saturated heterocycles. The van der Waals surface area contributed by atoms with Crippen LogP contribution in [0, 0.1) is 0 Å². The van der Waals surface area contributed by atoms with Gasteiger partial charge in [-0.05, 0) is 18.2 Å². The maximum Gasteiger partial charge on any atom is 0.348 e. The number of rotatable bonds is 2. The van der Waals surface area contributed by atoms with Crippen LogP contribution in [-0.2, 0) is 9.13 Å². The Bertz CT molecular complexity index is 373. The minimum atomic E-state index is -2.70. The number of carbonyl (C=O) groups is 1. The Balaban J connectivity index is 3.21. The summed E-state index contributed by atoms with van der Waals surface area (Å²) in [5.41, 5.74) is -0.0216. The van der Waals surface area contributed by atoms with Gasteiger partial charge in [-0.1, -0.05) is 6.07 Å². The minimum Gasteiger partial charge on any atom is -0.478 e. The molecule has 1 aromatic rings. The molecule has 0 radical (unpaired) electrons. The Morgan fingerprint density at radius 2 is 2.00 bits per heavy atom. The van der Waals surface area contributed by atoms with E-state index in [9.17, 15) is 13.9 Å². The second-order valence-corrected chi connectivity index (χ2v) is 3.14. The zero-order chi connectivity index (χ0) is 9.14. The molecule has 0 amide bonds. The molecule has 0 saturated carbocycles. The van der Waals surface area contributed by atoms with Crippen molar-refractivity contribution in [2.24, 2.45) is 0 Å². The van der Waals surface area contributed by atoms with Gasteiger partial charge >= 0.3 is 13.6 Å². The number of hydrogen-bond donors (Lipinski definition) is 1. The molecule has 0 fully saturated rings. The zero-order valence-electron chi connectivity index (χ0n) is 5.93. The van der Waals surface area contributed by atoms with Crippen LogP contribution >= 0.6 is 7.68 Å². The van der Waals surface area contributed by atoms with Crippen molar-refractivity contribution in [2.45, 2.75) is 0 Å². The molecular weight excluding hydrogens is 179 g/mol. The highest BCUT2D eigenvalue weighted by Gasteiger charge is 2.04. The topological polar surface area (TPSA) is 71.4 Å². The molecule has 1 aromatic carbocycles. The van der Waals surface area contributed by atoms with E-state index in [-0.39, 0.29) is 10.9 Å². The molecule has 0 aliphatic heterocycles. The summed E-state index contributed by atoms with van der Waals surface area (Å²) in [5.74, 6) is -1.13. The summed E-state index contributed by atoms with van der Waals surface area (Å²) < 4.78 is 20.8. The number of hydrogen-bond acceptors (Lipinski definition) is 3. The van der Waals surface area contributed by atoms with Crippen LogP contribution in [-0.4, -0.2) is 11.1 Å². The molecule has 0 aliphatic rings. The second kappa shape index (κ2) is 3.32. The van der Waals surface area contributed by atoms with Crippen molar-refractivity contribution in [2.75, 3.05) is 0 Å². The zero-order valence-corrected chi connectivity index (χ0v) is 6.82. The molecule has 1 N–H and O–H groups in total. The molecule has 0 aromatic heterocycles. The van der Waals surface area contributed by atoms with Gasteiger partial charge in [0.1, 0.15) is 0 Å². The van der Waals surface area contributed by atoms with E-state index in [0.717, 1.165) is 6.07 Å². The van der Waals surface area contributed by atoms with Crippen molar-refractivity contribution < 1.29 is 19.0 Å². The summed E-state index contributed by atoms with van der Waals surface area (Å²) >= 11 is 0. The van der Waals surface area contributed by atoms with E-state index >= 15 is 0 Å². The fourth-order valence-corrected chi connectivity index (χ4v) is 1.20. The van der Waals surface area contributed by atoms with Crippen molar-refractivity contribution in [3.8, 4) is 0 Å². The molecular formula is C7H5O4P. The minimum absolute atomic E-state index is 0.0184. The maximum absolute atomic E-state index is 10.4. The van der Waals surface area contributed by atoms with Crippen LogP contribution in [0.1, 0.15) is 10.4 Å². The van der Waals surface area contributed by atoms with Gasteiger partial charge in [0, 0.05) is 0 Å². The summed E-state index contributed by atoms with van der Waals surface area (Å²) in [6.45, 7) is 0. The molecule has 4 nitrogen and oxygen atoms in total. The van der Waals surface area contributed by atoms with Gasteiger partial charge in [0.25, 0.3) is 0 Å². The highest BCUT2D eigenvalue weighted by atomic mass is 31.1. The van der Waals surface area contributed by atoms with Crippen molar-refractivity contribution in [1.82, 2.24) is 0 Å². The number of benzene rings is 1. The lowest BCUT2D eigenvalue weighted by Gasteiger charge is -1.92. The number of carboxylic acid groups (broad SMARTS) is 1. The molecule has 0 spiro atoms. The summed E-state index contributed by atoms with van der Waals surface area (Å²) in [4.78, 5) is 10.4. The van der Waals surface area contributed by atoms with Crippen LogP contribution in [0.2, 0.25) is 0 Å². The molecule has 5 heteroatoms. The lowest BCUT2D eigenvalue weighted by atomic mass is 10.2. The third-order valence-corrected chi connectivity index (χ3v) is 2.00. The van der Waals surface area contributed by atoms with Crippen LogP contribution < -0.4 is 5.30 Å². The van der Waals surface area contributed by atoms with Crippen LogP contribution in [0.25, 0.3) is 0 Å². The van der Waals surface area contributed by atoms with E-state index in [1.54, 1.807) is 0 Å². The fraction of sp³-hybridized carbons (Fsp3) is 0. The summed E-state index contributed by atoms with van der Waals surface area (Å²) in [6, 6.07) is 5.20. The van der Waals surface area contributed by atoms with E-state index in [1.807, 2.05) is 0 Å². The van der Waals surface area contributed by atoms with Gasteiger partial charge in [0.2, 0.25) is 0 Å². The van der Waals surface area contributed by atoms with Gasteiger partial charge in [0.05, 0.1) is 10.9 Å². The summed E-state index contributed by atoms with van der Waals surface area (Å²) in [7, 11) is -2.70. The van der Waals surface area contributed by atoms with Crippen molar-refractivity contribution in [1.29, 1.82) is 0 Å². The lowest BCUT2D eigenvalue weighted by Crippen LogP contribution is -2.01. The Morgan fingerprint density at radius 1 is 1.33 bits per heavy atom. The molecule has 0 atom stereocenters. The molecule has 0 unspecified atom stereocenters. The highest BCUT2D eigenvalue weighted by molar-refractivity contribution is 7.40. The van der Waals surface area contributed by atoms with Gasteiger partial charge in [-0.3, -0.25) is 0 Å². The smallest absolute Gasteiger partial charge is 0.348 e. The van der Waals surface area contributed by atoms with Crippen molar-refractivity contribution in [3.05, 3.63) is 29.8 Å². The average molecular weight is 184 g/mol. The quantitative estimate of drug-likeness (QED) is 0.700. The summed E-state index contributed by atoms with van der Waals surface area (Å²) in [6.07, 6.45) is 0. The van der Waals surface area contributed by atoms with Gasteiger partial charge in [-0.25, -0.2) is 13.9 Å². The van der Waals surface area contributed by atoms with Crippen LogP contribution in [0.15, 0.2) is 24.3 Å². The van der Waals surface area contributed by atoms with Crippen LogP contribution in [0.5, 0.6) is 0 Å². The van der Waals surface area contributed by atoms with Gasteiger partial charge in [-0.2, -0.15) is 0 Å². The molecule has 12 heavy (non-hydrogen) atoms. The Hall–Kier alpha value is -1.41. The van der Waals surface area contributed by atoms with Crippen LogP contribution in [0.4, 0.5) is 0 Å². The first kappa shape index (κ1) is 8.68. The molecule has 0 bridgehead atoms. The van der Waals surface area contributed by atoms with Gasteiger partial charge < -0.3 is 5.11 Å². The molecule has 1 rings (SSSR count). The third-order valence-electron chi connectivity index (χ3n) is 1.30. The molecule has 62 valence electrons. The first-order valence-corrected chi connectivity index (χ1v) is 4.27. The molecule has 0 aliphatic carbocycles. The third kappa shape index (κ3) is 1.80. The first-order valence-electron chi connectivity index (χ1n) is 3.09. The standard InChI is InChI=1S/C7H5O4P/c8-7(9)5-2-1-3-6(4-5)12(10)11/h1-4H,(H,8,9). The lowest BCUT2D eigenvalue weighted by molar-refractivity contribution is 0.0697. The van der Waals surface area contributed by atoms with E-state index in [1.165, 1.54) is 18.2 Å². The second-order valence-electron chi connectivity index (χ2n) is 2.11.